The molecule has 2 aromatic carbocycles. The lowest BCUT2D eigenvalue weighted by atomic mass is 9.87. The van der Waals surface area contributed by atoms with Crippen LogP contribution >= 0.6 is 0 Å². The monoisotopic (exact) mass is 835 g/mol. The van der Waals surface area contributed by atoms with Crippen LogP contribution in [0.1, 0.15) is 56.8 Å². The first-order valence-corrected chi connectivity index (χ1v) is 18.5. The molecule has 13 nitrogen and oxygen atoms in total. The molecule has 2 fully saturated rings. The molecule has 19 heteroatoms. The zero-order valence-electron chi connectivity index (χ0n) is 33.1. The average molecular weight is 836 g/mol. The summed E-state index contributed by atoms with van der Waals surface area (Å²) in [7, 11) is 9.35. The van der Waals surface area contributed by atoms with Gasteiger partial charge in [0.05, 0.1) is 41.9 Å². The quantitative estimate of drug-likeness (QED) is 0.127. The van der Waals surface area contributed by atoms with Crippen LogP contribution in [0.5, 0.6) is 11.5 Å². The fourth-order valence-electron chi connectivity index (χ4n) is 7.42. The Morgan fingerprint density at radius 1 is 0.644 bits per heavy atom. The van der Waals surface area contributed by atoms with E-state index in [2.05, 4.69) is 0 Å². The van der Waals surface area contributed by atoms with E-state index in [0.717, 1.165) is 20.7 Å². The van der Waals surface area contributed by atoms with Gasteiger partial charge in [-0.05, 0) is 43.9 Å². The highest BCUT2D eigenvalue weighted by molar-refractivity contribution is 6.44. The Bertz CT molecular complexity index is 2290. The molecule has 0 atom stereocenters. The van der Waals surface area contributed by atoms with Gasteiger partial charge in [0, 0.05) is 102 Å². The van der Waals surface area contributed by atoms with Crippen LogP contribution < -0.4 is 9.47 Å². The Labute approximate surface area is 334 Å². The SMILES string of the molecule is COc1cc2c(cc1C(=O)C1CCN(C(=O)C(F)(F)F)CC1)c(C(=O)C(=O)N(C)C)cn2C.COc1cc2c(ccn2C)cc1C(=O)C1CCN(C(=O)C(F)(F)F)CC1. The molecule has 4 heterocycles. The van der Waals surface area contributed by atoms with E-state index in [1.807, 2.05) is 23.9 Å². The number of likely N-dealkylation sites (N-methyl/N-ethyl adjacent to an activating group) is 1. The molecule has 6 rings (SSSR count). The molecule has 4 aromatic rings. The van der Waals surface area contributed by atoms with Gasteiger partial charge in [-0.2, -0.15) is 26.3 Å². The lowest BCUT2D eigenvalue weighted by molar-refractivity contribution is -0.186. The molecule has 0 N–H and O–H groups in total. The van der Waals surface area contributed by atoms with Crippen molar-refractivity contribution in [1.82, 2.24) is 23.8 Å². The number of hydrogen-bond acceptors (Lipinski definition) is 8. The summed E-state index contributed by atoms with van der Waals surface area (Å²) >= 11 is 0. The first kappa shape index (κ1) is 44.2. The van der Waals surface area contributed by atoms with Crippen molar-refractivity contribution in [3.05, 3.63) is 59.4 Å². The number of likely N-dealkylation sites (tertiary alicyclic amines) is 2. The van der Waals surface area contributed by atoms with Crippen molar-refractivity contribution in [3.8, 4) is 11.5 Å². The highest BCUT2D eigenvalue weighted by atomic mass is 19.4. The predicted octanol–water partition coefficient (Wildman–Crippen LogP) is 5.61. The van der Waals surface area contributed by atoms with E-state index >= 15 is 0 Å². The van der Waals surface area contributed by atoms with Crippen molar-refractivity contribution in [2.75, 3.05) is 54.5 Å². The van der Waals surface area contributed by atoms with E-state index in [0.29, 0.717) is 27.1 Å². The maximum absolute atomic E-state index is 13.3. The number of alkyl halides is 6. The highest BCUT2D eigenvalue weighted by Crippen LogP contribution is 2.35. The van der Waals surface area contributed by atoms with E-state index in [9.17, 15) is 55.1 Å². The van der Waals surface area contributed by atoms with Crippen LogP contribution in [-0.4, -0.2) is 126 Å². The minimum absolute atomic E-state index is 0.0710. The van der Waals surface area contributed by atoms with Gasteiger partial charge in [0.2, 0.25) is 0 Å². The molecule has 3 amide bonds. The number of rotatable bonds is 8. The molecule has 2 aliphatic rings. The topological polar surface area (TPSA) is 140 Å². The van der Waals surface area contributed by atoms with Gasteiger partial charge < -0.3 is 33.3 Å². The Hall–Kier alpha value is -5.88. The Balaban J connectivity index is 0.000000230. The first-order valence-electron chi connectivity index (χ1n) is 18.5. The van der Waals surface area contributed by atoms with Crippen LogP contribution in [0.3, 0.4) is 0 Å². The molecule has 318 valence electrons. The van der Waals surface area contributed by atoms with Crippen molar-refractivity contribution >= 4 is 56.9 Å². The fourth-order valence-corrected chi connectivity index (χ4v) is 7.42. The van der Waals surface area contributed by atoms with Crippen LogP contribution in [0, 0.1) is 11.8 Å². The Morgan fingerprint density at radius 2 is 1.08 bits per heavy atom. The number of hydrogen-bond donors (Lipinski definition) is 0. The Kier molecular flexibility index (Phi) is 12.9. The molecular weight excluding hydrogens is 792 g/mol. The summed E-state index contributed by atoms with van der Waals surface area (Å²) in [6, 6.07) is 8.49. The lowest BCUT2D eigenvalue weighted by Gasteiger charge is -2.31. The third-order valence-corrected chi connectivity index (χ3v) is 10.7. The largest absolute Gasteiger partial charge is 0.496 e. The standard InChI is InChI=1S/C22H24F3N3O5.C18H19F3N2O3/c1-26(2)20(31)19(30)15-11-27(3)16-10-17(33-4)14(9-13(15)16)18(29)12-5-7-28(8-6-12)21(32)22(23,24)25;1-22-6-3-12-9-13(15(26-2)10-14(12)22)16(24)11-4-7-23(8-5-11)17(25)18(19,20)21/h9-12H,5-8H2,1-4H3;3,6,9-11H,4-5,7-8H2,1-2H3. The number of Topliss-reactive ketones (excluding diaryl/α,β-unsaturated/α-hetero) is 3. The van der Waals surface area contributed by atoms with Crippen LogP contribution in [0.15, 0.2) is 42.7 Å². The predicted molar refractivity (Wildman–Crippen MR) is 201 cm³/mol. The molecule has 0 saturated carbocycles. The highest BCUT2D eigenvalue weighted by Gasteiger charge is 2.45. The van der Waals surface area contributed by atoms with E-state index < -0.39 is 47.7 Å². The molecule has 2 aromatic heterocycles. The van der Waals surface area contributed by atoms with Gasteiger partial charge in [0.25, 0.3) is 11.7 Å². The van der Waals surface area contributed by atoms with Crippen molar-refractivity contribution < 1.29 is 64.6 Å². The molecule has 0 radical (unpaired) electrons. The molecule has 0 spiro atoms. The van der Waals surface area contributed by atoms with Gasteiger partial charge >= 0.3 is 24.2 Å². The van der Waals surface area contributed by atoms with Crippen molar-refractivity contribution in [3.63, 3.8) is 0 Å². The van der Waals surface area contributed by atoms with Gasteiger partial charge in [-0.25, -0.2) is 0 Å². The number of ether oxygens (including phenoxy) is 2. The lowest BCUT2D eigenvalue weighted by Crippen LogP contribution is -2.46. The second kappa shape index (κ2) is 17.1. The maximum Gasteiger partial charge on any atom is 0.471 e. The number of nitrogens with zero attached hydrogens (tertiary/aromatic N) is 5. The number of halogens is 6. The van der Waals surface area contributed by atoms with Gasteiger partial charge in [0.15, 0.2) is 11.6 Å². The number of methoxy groups -OCH3 is 2. The zero-order chi connectivity index (χ0) is 43.7. The van der Waals surface area contributed by atoms with Crippen molar-refractivity contribution in [2.24, 2.45) is 25.9 Å². The fraction of sp³-hybridized carbons (Fsp3) is 0.450. The summed E-state index contributed by atoms with van der Waals surface area (Å²) < 4.78 is 89.9. The van der Waals surface area contributed by atoms with Crippen molar-refractivity contribution in [1.29, 1.82) is 0 Å². The number of aromatic nitrogens is 2. The molecule has 0 bridgehead atoms. The van der Waals surface area contributed by atoms with Crippen molar-refractivity contribution in [2.45, 2.75) is 38.0 Å². The third-order valence-electron chi connectivity index (χ3n) is 10.7. The summed E-state index contributed by atoms with van der Waals surface area (Å²) in [4.78, 5) is 76.4. The van der Waals surface area contributed by atoms with Crippen LogP contribution in [0.2, 0.25) is 0 Å². The van der Waals surface area contributed by atoms with Gasteiger partial charge in [-0.3, -0.25) is 28.8 Å². The van der Waals surface area contributed by atoms with E-state index in [4.69, 9.17) is 9.47 Å². The number of carbonyl (C=O) groups is 6. The molecule has 0 unspecified atom stereocenters. The number of ketones is 3. The number of aryl methyl sites for hydroxylation is 2. The number of piperidine rings is 2. The van der Waals surface area contributed by atoms with Crippen LogP contribution in [-0.2, 0) is 28.5 Å². The number of carbonyl (C=O) groups excluding carboxylic acids is 6. The normalized spacial score (nSPS) is 15.5. The number of fused-ring (bicyclic) bond motifs is 2. The van der Waals surface area contributed by atoms with Gasteiger partial charge in [-0.1, -0.05) is 0 Å². The number of amides is 3. The average Bonchev–Trinajstić information content (AvgIpc) is 3.74. The first-order chi connectivity index (χ1) is 27.6. The molecule has 2 saturated heterocycles. The van der Waals surface area contributed by atoms with Gasteiger partial charge in [-0.15, -0.1) is 0 Å². The van der Waals surface area contributed by atoms with Gasteiger partial charge in [0.1, 0.15) is 11.5 Å². The summed E-state index contributed by atoms with van der Waals surface area (Å²) in [5, 5.41) is 1.29. The summed E-state index contributed by atoms with van der Waals surface area (Å²) in [5.41, 5.74) is 2.22. The minimum Gasteiger partial charge on any atom is -0.496 e. The second-order valence-corrected chi connectivity index (χ2v) is 14.6. The van der Waals surface area contributed by atoms with E-state index in [-0.39, 0.29) is 80.3 Å². The van der Waals surface area contributed by atoms with E-state index in [1.54, 1.807) is 29.8 Å². The third kappa shape index (κ3) is 9.23. The second-order valence-electron chi connectivity index (χ2n) is 14.6. The smallest absolute Gasteiger partial charge is 0.471 e. The Morgan fingerprint density at radius 3 is 1.51 bits per heavy atom. The summed E-state index contributed by atoms with van der Waals surface area (Å²) in [6.07, 6.45) is -5.90. The van der Waals surface area contributed by atoms with Crippen LogP contribution in [0.4, 0.5) is 26.3 Å². The zero-order valence-corrected chi connectivity index (χ0v) is 33.1. The van der Waals surface area contributed by atoms with Crippen LogP contribution in [0.25, 0.3) is 21.8 Å². The summed E-state index contributed by atoms with van der Waals surface area (Å²) in [5.74, 6) is -6.06. The number of benzene rings is 2. The molecule has 59 heavy (non-hydrogen) atoms. The molecule has 0 aliphatic carbocycles. The van der Waals surface area contributed by atoms with E-state index in [1.165, 1.54) is 40.6 Å². The summed E-state index contributed by atoms with van der Waals surface area (Å²) in [6.45, 7) is -0.535. The molecule has 2 aliphatic heterocycles. The minimum atomic E-state index is -4.95. The maximum atomic E-state index is 13.3. The molecular formula is C40H43F6N5O8.